The van der Waals surface area contributed by atoms with E-state index >= 15 is 0 Å². The average Bonchev–Trinajstić information content (AvgIpc) is 2.92. The van der Waals surface area contributed by atoms with E-state index in [2.05, 4.69) is 10.6 Å². The van der Waals surface area contributed by atoms with E-state index in [-0.39, 0.29) is 36.1 Å². The lowest BCUT2D eigenvalue weighted by molar-refractivity contribution is -0.145. The van der Waals surface area contributed by atoms with Gasteiger partial charge in [-0.05, 0) is 95.2 Å². The summed E-state index contributed by atoms with van der Waals surface area (Å²) in [6.07, 6.45) is 5.22. The van der Waals surface area contributed by atoms with Gasteiger partial charge in [0, 0.05) is 18.5 Å². The van der Waals surface area contributed by atoms with Crippen LogP contribution in [0.3, 0.4) is 0 Å². The summed E-state index contributed by atoms with van der Waals surface area (Å²) < 4.78 is 5.52. The van der Waals surface area contributed by atoms with Crippen molar-refractivity contribution in [3.8, 4) is 5.75 Å². The van der Waals surface area contributed by atoms with Crippen LogP contribution < -0.4 is 10.6 Å². The van der Waals surface area contributed by atoms with Gasteiger partial charge in [0.25, 0.3) is 0 Å². The molecular weight excluding hydrogens is 530 g/mol. The first kappa shape index (κ1) is 33.0. The molecule has 3 atom stereocenters. The van der Waals surface area contributed by atoms with Crippen LogP contribution in [0, 0.1) is 13.8 Å². The van der Waals surface area contributed by atoms with Gasteiger partial charge in [-0.3, -0.25) is 9.59 Å². The van der Waals surface area contributed by atoms with Crippen molar-refractivity contribution in [2.75, 3.05) is 0 Å². The number of benzene rings is 2. The van der Waals surface area contributed by atoms with Crippen molar-refractivity contribution in [2.24, 2.45) is 0 Å². The number of rotatable bonds is 10. The van der Waals surface area contributed by atoms with Gasteiger partial charge in [0.2, 0.25) is 11.8 Å². The molecule has 3 rings (SSSR count). The molecule has 1 aliphatic rings. The smallest absolute Gasteiger partial charge is 0.408 e. The maximum atomic E-state index is 14.6. The van der Waals surface area contributed by atoms with Crippen LogP contribution in [0.4, 0.5) is 4.79 Å². The van der Waals surface area contributed by atoms with Crippen LogP contribution in [0.25, 0.3) is 0 Å². The van der Waals surface area contributed by atoms with Crippen molar-refractivity contribution in [1.29, 1.82) is 0 Å². The van der Waals surface area contributed by atoms with Crippen LogP contribution in [0.15, 0.2) is 42.5 Å². The van der Waals surface area contributed by atoms with Crippen LogP contribution in [0.2, 0.25) is 0 Å². The number of phenols is 1. The number of carbonyl (C=O) groups excluding carboxylic acids is 3. The number of nitrogens with zero attached hydrogens (tertiary/aromatic N) is 1. The minimum atomic E-state index is -1.00. The van der Waals surface area contributed by atoms with E-state index in [1.165, 1.54) is 6.42 Å². The fraction of sp³-hybridized carbons (Fsp3) is 0.559. The highest BCUT2D eigenvalue weighted by Crippen LogP contribution is 2.29. The third-order valence-corrected chi connectivity index (χ3v) is 8.01. The second kappa shape index (κ2) is 14.6. The van der Waals surface area contributed by atoms with Crippen molar-refractivity contribution in [3.05, 3.63) is 64.7 Å². The van der Waals surface area contributed by atoms with Gasteiger partial charge >= 0.3 is 6.09 Å². The monoisotopic (exact) mass is 579 g/mol. The fourth-order valence-electron chi connectivity index (χ4n) is 5.39. The van der Waals surface area contributed by atoms with Gasteiger partial charge in [-0.2, -0.15) is 0 Å². The molecule has 42 heavy (non-hydrogen) atoms. The number of carbonyl (C=O) groups is 3. The molecule has 0 aliphatic heterocycles. The summed E-state index contributed by atoms with van der Waals surface area (Å²) in [5, 5.41) is 15.8. The summed E-state index contributed by atoms with van der Waals surface area (Å²) in [4.78, 5) is 43.4. The number of ether oxygens (including phenoxy) is 1. The quantitative estimate of drug-likeness (QED) is 0.308. The molecule has 0 spiro atoms. The van der Waals surface area contributed by atoms with Crippen LogP contribution in [-0.4, -0.2) is 51.6 Å². The Morgan fingerprint density at radius 3 is 2.21 bits per heavy atom. The number of nitrogens with one attached hydrogen (secondary N) is 2. The van der Waals surface area contributed by atoms with Crippen molar-refractivity contribution in [3.63, 3.8) is 0 Å². The Kier molecular flexibility index (Phi) is 11.4. The molecule has 0 radical (unpaired) electrons. The molecule has 1 aliphatic carbocycles. The van der Waals surface area contributed by atoms with E-state index in [9.17, 15) is 19.5 Å². The van der Waals surface area contributed by atoms with Crippen LogP contribution >= 0.6 is 0 Å². The van der Waals surface area contributed by atoms with Gasteiger partial charge in [0.1, 0.15) is 23.4 Å². The largest absolute Gasteiger partial charge is 0.508 e. The summed E-state index contributed by atoms with van der Waals surface area (Å²) in [6.45, 7) is 13.2. The number of hydrogen-bond acceptors (Lipinski definition) is 5. The van der Waals surface area contributed by atoms with Crippen LogP contribution in [0.5, 0.6) is 5.75 Å². The molecule has 3 amide bonds. The maximum absolute atomic E-state index is 14.6. The van der Waals surface area contributed by atoms with E-state index < -0.39 is 23.8 Å². The van der Waals surface area contributed by atoms with Gasteiger partial charge in [-0.1, -0.05) is 56.5 Å². The number of alkyl carbamates (subject to hydrolysis) is 1. The average molecular weight is 580 g/mol. The molecule has 0 bridgehead atoms. The van der Waals surface area contributed by atoms with Crippen LogP contribution in [-0.2, 0) is 20.7 Å². The van der Waals surface area contributed by atoms with Gasteiger partial charge in [-0.15, -0.1) is 0 Å². The second-order valence-corrected chi connectivity index (χ2v) is 12.7. The first-order valence-electron chi connectivity index (χ1n) is 15.3. The molecule has 3 unspecified atom stereocenters. The molecule has 2 aromatic rings. The second-order valence-electron chi connectivity index (χ2n) is 12.7. The van der Waals surface area contributed by atoms with Gasteiger partial charge in [0.05, 0.1) is 0 Å². The maximum Gasteiger partial charge on any atom is 0.408 e. The van der Waals surface area contributed by atoms with E-state index in [0.717, 1.165) is 47.9 Å². The minimum absolute atomic E-state index is 0.0712. The molecule has 230 valence electrons. The number of aromatic hydroxyl groups is 1. The molecule has 1 saturated carbocycles. The van der Waals surface area contributed by atoms with E-state index in [1.807, 2.05) is 45.9 Å². The summed E-state index contributed by atoms with van der Waals surface area (Å²) in [5.74, 6) is -0.470. The lowest BCUT2D eigenvalue weighted by Gasteiger charge is -2.39. The molecule has 0 aromatic heterocycles. The summed E-state index contributed by atoms with van der Waals surface area (Å²) in [7, 11) is 0. The topological polar surface area (TPSA) is 108 Å². The fourth-order valence-corrected chi connectivity index (χ4v) is 5.39. The van der Waals surface area contributed by atoms with Gasteiger partial charge in [0.15, 0.2) is 0 Å². The Morgan fingerprint density at radius 2 is 1.64 bits per heavy atom. The normalized spacial score (nSPS) is 16.2. The highest BCUT2D eigenvalue weighted by molar-refractivity contribution is 5.92. The first-order chi connectivity index (χ1) is 19.8. The third-order valence-electron chi connectivity index (χ3n) is 8.01. The molecule has 8 nitrogen and oxygen atoms in total. The zero-order chi connectivity index (χ0) is 31.0. The van der Waals surface area contributed by atoms with Crippen molar-refractivity contribution in [1.82, 2.24) is 15.5 Å². The standard InChI is InChI=1S/C34H49N3O5/c1-8-24(4)37(30(26-17-14-22(2)23(3)20-26)31(39)35-27-12-10-9-11-13-27)32(40)29(36-33(41)42-34(5,6)7)21-25-15-18-28(38)19-16-25/h14-20,24,27,29-30,38H,8-13,21H2,1-7H3,(H,35,39)(H,36,41). The molecular formula is C34H49N3O5. The van der Waals surface area contributed by atoms with Crippen molar-refractivity contribution < 1.29 is 24.2 Å². The van der Waals surface area contributed by atoms with E-state index in [4.69, 9.17) is 4.74 Å². The zero-order valence-electron chi connectivity index (χ0n) is 26.3. The first-order valence-corrected chi connectivity index (χ1v) is 15.3. The van der Waals surface area contributed by atoms with Gasteiger partial charge < -0.3 is 25.4 Å². The third kappa shape index (κ3) is 9.23. The Morgan fingerprint density at radius 1 is 1.00 bits per heavy atom. The predicted octanol–water partition coefficient (Wildman–Crippen LogP) is 6.26. The van der Waals surface area contributed by atoms with E-state index in [1.54, 1.807) is 49.9 Å². The van der Waals surface area contributed by atoms with Crippen molar-refractivity contribution >= 4 is 17.9 Å². The predicted molar refractivity (Wildman–Crippen MR) is 165 cm³/mol. The number of aryl methyl sites for hydroxylation is 2. The molecule has 8 heteroatoms. The lowest BCUT2D eigenvalue weighted by atomic mass is 9.93. The molecule has 0 heterocycles. The van der Waals surface area contributed by atoms with Crippen molar-refractivity contribution in [2.45, 2.75) is 123 Å². The summed E-state index contributed by atoms with van der Waals surface area (Å²) in [6, 6.07) is 10.3. The molecule has 0 saturated heterocycles. The Balaban J connectivity index is 2.06. The summed E-state index contributed by atoms with van der Waals surface area (Å²) in [5.41, 5.74) is 2.87. The number of phenolic OH excluding ortho intramolecular Hbond substituents is 1. The van der Waals surface area contributed by atoms with Gasteiger partial charge in [-0.25, -0.2) is 4.79 Å². The Bertz CT molecular complexity index is 1210. The highest BCUT2D eigenvalue weighted by Gasteiger charge is 2.39. The van der Waals surface area contributed by atoms with Crippen LogP contribution in [0.1, 0.15) is 101 Å². The number of amides is 3. The molecule has 1 fully saturated rings. The molecule has 2 aromatic carbocycles. The molecule has 3 N–H and O–H groups in total. The SMILES string of the molecule is CCC(C)N(C(=O)C(Cc1ccc(O)cc1)NC(=O)OC(C)(C)C)C(C(=O)NC1CCCCC1)c1ccc(C)c(C)c1. The zero-order valence-corrected chi connectivity index (χ0v) is 26.3. The number of hydrogen-bond donors (Lipinski definition) is 3. The highest BCUT2D eigenvalue weighted by atomic mass is 16.6. The minimum Gasteiger partial charge on any atom is -0.508 e. The summed E-state index contributed by atoms with van der Waals surface area (Å²) >= 11 is 0. The Hall–Kier alpha value is -3.55. The van der Waals surface area contributed by atoms with E-state index in [0.29, 0.717) is 6.42 Å². The Labute approximate surface area is 251 Å². The lowest BCUT2D eigenvalue weighted by Crippen LogP contribution is -2.56.